The van der Waals surface area contributed by atoms with E-state index in [1.807, 2.05) is 19.2 Å². The molecule has 0 fully saturated rings. The zero-order valence-electron chi connectivity index (χ0n) is 27.6. The van der Waals surface area contributed by atoms with Crippen LogP contribution in [0.2, 0.25) is 0 Å². The second-order valence-electron chi connectivity index (χ2n) is 9.92. The first-order chi connectivity index (χ1) is 20.5. The molecule has 0 saturated carbocycles. The fourth-order valence-electron chi connectivity index (χ4n) is 3.41. The largest absolute Gasteiger partial charge is 0.405 e. The summed E-state index contributed by atoms with van der Waals surface area (Å²) in [5.41, 5.74) is 14.5. The lowest BCUT2D eigenvalue weighted by Crippen LogP contribution is -2.04. The van der Waals surface area contributed by atoms with Gasteiger partial charge in [-0.1, -0.05) is 123 Å². The van der Waals surface area contributed by atoms with E-state index >= 15 is 0 Å². The monoisotopic (exact) mass is 603 g/mol. The van der Waals surface area contributed by atoms with Gasteiger partial charge in [-0.05, 0) is 94.1 Å². The Morgan fingerprint density at radius 3 is 1.67 bits per heavy atom. The van der Waals surface area contributed by atoms with E-state index < -0.39 is 0 Å². The molecule has 0 radical (unpaired) electrons. The molecule has 0 bridgehead atoms. The number of rotatable bonds is 8. The normalized spacial score (nSPS) is 8.95. The van der Waals surface area contributed by atoms with E-state index in [-0.39, 0.29) is 12.1 Å². The smallest absolute Gasteiger partial charge is 0.0827 e. The summed E-state index contributed by atoms with van der Waals surface area (Å²) in [4.78, 5) is 0.394. The molecule has 5 heteroatoms. The highest BCUT2D eigenvalue weighted by Gasteiger charge is 1.98. The van der Waals surface area contributed by atoms with Crippen LogP contribution >= 0.6 is 12.1 Å². The van der Waals surface area contributed by atoms with E-state index in [1.165, 1.54) is 39.6 Å². The van der Waals surface area contributed by atoms with Gasteiger partial charge in [-0.15, -0.1) is 0 Å². The van der Waals surface area contributed by atoms with Crippen LogP contribution in [-0.4, -0.2) is 13.3 Å². The Morgan fingerprint density at radius 2 is 1.33 bits per heavy atom. The van der Waals surface area contributed by atoms with E-state index in [4.69, 9.17) is 5.41 Å². The maximum atomic E-state index is 11.6. The summed E-state index contributed by atoms with van der Waals surface area (Å²) in [5, 5.41) is 9.77. The lowest BCUT2D eigenvalue weighted by molar-refractivity contribution is 0.817. The van der Waals surface area contributed by atoms with Crippen LogP contribution in [-0.2, 0) is 19.4 Å². The van der Waals surface area contributed by atoms with E-state index in [9.17, 15) is 3.89 Å². The molecule has 0 aliphatic rings. The molecule has 3 nitrogen and oxygen atoms in total. The Balaban J connectivity index is 0. The van der Waals surface area contributed by atoms with Crippen LogP contribution in [0.25, 0.3) is 5.57 Å². The maximum Gasteiger partial charge on any atom is 0.0827 e. The van der Waals surface area contributed by atoms with Crippen molar-refractivity contribution in [2.75, 3.05) is 7.05 Å². The maximum absolute atomic E-state index is 11.6. The van der Waals surface area contributed by atoms with Gasteiger partial charge in [0.15, 0.2) is 0 Å². The average Bonchev–Trinajstić information content (AvgIpc) is 3.00. The number of nitrogens with two attached hydrogens (primary N) is 1. The van der Waals surface area contributed by atoms with Crippen molar-refractivity contribution in [2.24, 2.45) is 5.73 Å². The first-order valence-corrected chi connectivity index (χ1v) is 15.2. The summed E-state index contributed by atoms with van der Waals surface area (Å²) in [6.45, 7) is 22.3. The third-order valence-corrected chi connectivity index (χ3v) is 6.42. The lowest BCUT2D eigenvalue weighted by atomic mass is 10.0. The van der Waals surface area contributed by atoms with Crippen LogP contribution in [0, 0.1) is 12.3 Å². The second-order valence-corrected chi connectivity index (χ2v) is 10.5. The molecule has 43 heavy (non-hydrogen) atoms. The number of halogens is 1. The number of aryl methyl sites for hydroxylation is 3. The molecular formula is C38H54FN3S. The highest BCUT2D eigenvalue weighted by atomic mass is 32.2. The molecule has 0 aromatic heterocycles. The van der Waals surface area contributed by atoms with Crippen LogP contribution in [0.15, 0.2) is 120 Å². The zero-order chi connectivity index (χ0) is 33.0. The molecule has 0 amide bonds. The Hall–Kier alpha value is -3.67. The standard InChI is InChI=1S/C13H16.C10H15N.C8H10.C5H8FNS.C2H5N/c1-10(2)9-12(4)13-8-6-5-7-11(13)3;1-3-9-4-6-10(7-5-9)8-11-2;1-2-8-6-4-3-5-7-8;1-4(2)5(3-7)8-6;1-2-3/h5-9H,4H2,1-3H3;4-7,11H,3,8H2,1-2H3;3-7H,2H2,1H3;3,7H,1-2H3;2H,1,3H2. The number of hydrogen-bond donors (Lipinski definition) is 3. The van der Waals surface area contributed by atoms with Crippen LogP contribution in [0.1, 0.15) is 69.4 Å². The van der Waals surface area contributed by atoms with Crippen molar-refractivity contribution >= 4 is 23.9 Å². The third-order valence-electron chi connectivity index (χ3n) is 5.72. The summed E-state index contributed by atoms with van der Waals surface area (Å²) in [7, 11) is 1.97. The summed E-state index contributed by atoms with van der Waals surface area (Å²) in [6.07, 6.45) is 6.64. The van der Waals surface area contributed by atoms with Crippen LogP contribution < -0.4 is 11.1 Å². The average molecular weight is 604 g/mol. The molecule has 3 rings (SSSR count). The van der Waals surface area contributed by atoms with E-state index in [0.717, 1.165) is 36.7 Å². The van der Waals surface area contributed by atoms with Crippen molar-refractivity contribution < 1.29 is 3.89 Å². The molecule has 0 unspecified atom stereocenters. The molecule has 0 aliphatic heterocycles. The topological polar surface area (TPSA) is 61.9 Å². The van der Waals surface area contributed by atoms with Gasteiger partial charge in [-0.3, -0.25) is 0 Å². The van der Waals surface area contributed by atoms with E-state index in [1.54, 1.807) is 13.8 Å². The van der Waals surface area contributed by atoms with E-state index in [2.05, 4.69) is 132 Å². The molecule has 3 aromatic rings. The van der Waals surface area contributed by atoms with Crippen LogP contribution in [0.5, 0.6) is 0 Å². The predicted molar refractivity (Wildman–Crippen MR) is 194 cm³/mol. The summed E-state index contributed by atoms with van der Waals surface area (Å²) < 4.78 is 11.6. The van der Waals surface area contributed by atoms with Gasteiger partial charge in [0.05, 0.1) is 17.1 Å². The number of benzene rings is 3. The van der Waals surface area contributed by atoms with Gasteiger partial charge < -0.3 is 16.5 Å². The fraction of sp³-hybridized carbons (Fsp3) is 0.289. The Kier molecular flexibility index (Phi) is 26.2. The second kappa shape index (κ2) is 27.2. The van der Waals surface area contributed by atoms with Crippen LogP contribution in [0.4, 0.5) is 3.89 Å². The van der Waals surface area contributed by atoms with Gasteiger partial charge >= 0.3 is 0 Å². The Bertz CT molecular complexity index is 1220. The summed E-state index contributed by atoms with van der Waals surface area (Å²) in [6, 6.07) is 27.5. The Morgan fingerprint density at radius 1 is 0.860 bits per heavy atom. The first-order valence-electron chi connectivity index (χ1n) is 14.5. The van der Waals surface area contributed by atoms with Crippen molar-refractivity contribution in [3.05, 3.63) is 148 Å². The minimum atomic E-state index is 0.115. The third kappa shape index (κ3) is 21.7. The molecule has 0 atom stereocenters. The summed E-state index contributed by atoms with van der Waals surface area (Å²) >= 11 is 0.115. The van der Waals surface area contributed by atoms with Gasteiger partial charge in [0.2, 0.25) is 0 Å². The highest BCUT2D eigenvalue weighted by molar-refractivity contribution is 7.99. The SMILES string of the molecule is C=C(C=C(C)C)c1ccccc1C.C=CN.CC(C)=C(C=N)SF.CCc1ccc(CNC)cc1.CCc1ccccc1. The molecule has 0 heterocycles. The van der Waals surface area contributed by atoms with Gasteiger partial charge in [-0.2, -0.15) is 3.89 Å². The van der Waals surface area contributed by atoms with Gasteiger partial charge in [0, 0.05) is 12.8 Å². The van der Waals surface area contributed by atoms with Crippen LogP contribution in [0.3, 0.4) is 0 Å². The molecule has 0 saturated heterocycles. The van der Waals surface area contributed by atoms with Crippen molar-refractivity contribution in [1.82, 2.24) is 5.32 Å². The van der Waals surface area contributed by atoms with Crippen molar-refractivity contribution in [2.45, 2.75) is 67.9 Å². The number of allylic oxidation sites excluding steroid dienone is 5. The molecular weight excluding hydrogens is 550 g/mol. The molecule has 3 aromatic carbocycles. The van der Waals surface area contributed by atoms with Crippen molar-refractivity contribution in [3.8, 4) is 0 Å². The minimum absolute atomic E-state index is 0.115. The van der Waals surface area contributed by atoms with E-state index in [0.29, 0.717) is 4.91 Å². The molecule has 0 aliphatic carbocycles. The predicted octanol–water partition coefficient (Wildman–Crippen LogP) is 10.8. The van der Waals surface area contributed by atoms with Gasteiger partial charge in [0.1, 0.15) is 0 Å². The van der Waals surface area contributed by atoms with Crippen molar-refractivity contribution in [1.29, 1.82) is 5.41 Å². The zero-order valence-corrected chi connectivity index (χ0v) is 28.5. The fourth-order valence-corrected chi connectivity index (χ4v) is 3.61. The van der Waals surface area contributed by atoms with Gasteiger partial charge in [0.25, 0.3) is 0 Å². The molecule has 4 N–H and O–H groups in total. The first kappa shape index (κ1) is 41.5. The quantitative estimate of drug-likeness (QED) is 0.177. The number of nitrogens with one attached hydrogen (secondary N) is 2. The summed E-state index contributed by atoms with van der Waals surface area (Å²) in [5.74, 6) is 0. The van der Waals surface area contributed by atoms with Gasteiger partial charge in [-0.25, -0.2) is 0 Å². The Labute approximate surface area is 266 Å². The minimum Gasteiger partial charge on any atom is -0.405 e. The number of hydrogen-bond acceptors (Lipinski definition) is 4. The molecule has 0 spiro atoms. The lowest BCUT2D eigenvalue weighted by Gasteiger charge is -2.05. The molecule has 234 valence electrons. The van der Waals surface area contributed by atoms with Crippen molar-refractivity contribution in [3.63, 3.8) is 0 Å². The highest BCUT2D eigenvalue weighted by Crippen LogP contribution is 2.19.